The van der Waals surface area contributed by atoms with Gasteiger partial charge in [0, 0.05) is 43.3 Å². The van der Waals surface area contributed by atoms with Gasteiger partial charge in [0.2, 0.25) is 5.95 Å². The SMILES string of the molecule is COc1ccc(N2[C@@H]3CC[C@H]2CN(c2nc(Cc4cc(C(C)(C)C)ccc4C)c4c(ncn4C4CCCC4)n2)C3)cc1. The quantitative estimate of drug-likeness (QED) is 0.251. The highest BCUT2D eigenvalue weighted by Crippen LogP contribution is 2.38. The van der Waals surface area contributed by atoms with E-state index in [4.69, 9.17) is 19.7 Å². The number of methoxy groups -OCH3 is 1. The van der Waals surface area contributed by atoms with Crippen molar-refractivity contribution in [2.75, 3.05) is 30.0 Å². The lowest BCUT2D eigenvalue weighted by Crippen LogP contribution is -2.54. The number of hydrogen-bond acceptors (Lipinski definition) is 6. The topological polar surface area (TPSA) is 59.3 Å². The van der Waals surface area contributed by atoms with E-state index in [1.165, 1.54) is 60.9 Å². The summed E-state index contributed by atoms with van der Waals surface area (Å²) in [5, 5.41) is 0. The minimum Gasteiger partial charge on any atom is -0.497 e. The van der Waals surface area contributed by atoms with Crippen molar-refractivity contribution in [3.8, 4) is 5.75 Å². The molecular formula is C35H44N6O. The van der Waals surface area contributed by atoms with Gasteiger partial charge in [0.05, 0.1) is 19.1 Å². The number of benzene rings is 2. The number of fused-ring (bicyclic) bond motifs is 3. The maximum absolute atomic E-state index is 5.40. The summed E-state index contributed by atoms with van der Waals surface area (Å²) in [6.45, 7) is 10.9. The smallest absolute Gasteiger partial charge is 0.227 e. The predicted molar refractivity (Wildman–Crippen MR) is 170 cm³/mol. The Morgan fingerprint density at radius 3 is 2.26 bits per heavy atom. The molecule has 1 aliphatic carbocycles. The fourth-order valence-electron chi connectivity index (χ4n) is 7.48. The molecule has 2 aromatic carbocycles. The predicted octanol–water partition coefficient (Wildman–Crippen LogP) is 7.00. The van der Waals surface area contributed by atoms with Gasteiger partial charge in [-0.25, -0.2) is 9.97 Å². The van der Waals surface area contributed by atoms with Crippen LogP contribution in [0.1, 0.15) is 87.7 Å². The Hall–Kier alpha value is -3.61. The second-order valence-corrected chi connectivity index (χ2v) is 13.7. The molecule has 2 saturated heterocycles. The number of nitrogens with zero attached hydrogens (tertiary/aromatic N) is 6. The van der Waals surface area contributed by atoms with Crippen molar-refractivity contribution in [1.29, 1.82) is 0 Å². The number of hydrogen-bond donors (Lipinski definition) is 0. The fraction of sp³-hybridized carbons (Fsp3) is 0.514. The van der Waals surface area contributed by atoms with Crippen molar-refractivity contribution in [3.63, 3.8) is 0 Å². The lowest BCUT2D eigenvalue weighted by molar-refractivity contribution is 0.414. The summed E-state index contributed by atoms with van der Waals surface area (Å²) in [6.07, 6.45) is 10.2. The molecule has 0 amide bonds. The van der Waals surface area contributed by atoms with Crippen LogP contribution in [0.4, 0.5) is 11.6 Å². The van der Waals surface area contributed by atoms with E-state index in [2.05, 4.69) is 84.5 Å². The average molecular weight is 565 g/mol. The maximum atomic E-state index is 5.40. The van der Waals surface area contributed by atoms with E-state index in [9.17, 15) is 0 Å². The molecule has 220 valence electrons. The van der Waals surface area contributed by atoms with Gasteiger partial charge < -0.3 is 19.1 Å². The average Bonchev–Trinajstić information content (AvgIpc) is 3.71. The molecule has 0 N–H and O–H groups in total. The molecule has 7 nitrogen and oxygen atoms in total. The third kappa shape index (κ3) is 4.91. The van der Waals surface area contributed by atoms with E-state index in [-0.39, 0.29) is 5.41 Å². The molecule has 4 aromatic rings. The van der Waals surface area contributed by atoms with Crippen LogP contribution in [0.15, 0.2) is 48.8 Å². The number of piperazine rings is 1. The number of aryl methyl sites for hydroxylation is 1. The van der Waals surface area contributed by atoms with Gasteiger partial charge in [0.15, 0.2) is 5.65 Å². The number of imidazole rings is 1. The second kappa shape index (κ2) is 10.6. The van der Waals surface area contributed by atoms with E-state index in [1.807, 2.05) is 6.33 Å². The summed E-state index contributed by atoms with van der Waals surface area (Å²) >= 11 is 0. The Morgan fingerprint density at radius 1 is 0.881 bits per heavy atom. The van der Waals surface area contributed by atoms with Crippen LogP contribution >= 0.6 is 0 Å². The van der Waals surface area contributed by atoms with Gasteiger partial charge >= 0.3 is 0 Å². The number of ether oxygens (including phenoxy) is 1. The standard InChI is InChI=1S/C35H44N6O/c1-23-10-11-25(35(2,3)4)18-24(23)19-31-32-33(36-22-40(32)26-8-6-7-9-26)38-34(37-31)39-20-28-12-13-29(21-39)41(28)27-14-16-30(42-5)17-15-27/h10-11,14-18,22,26,28-29H,6-9,12-13,19-21H2,1-5H3/t28-,29+. The zero-order valence-corrected chi connectivity index (χ0v) is 25.8. The maximum Gasteiger partial charge on any atom is 0.227 e. The molecule has 0 spiro atoms. The first-order valence-corrected chi connectivity index (χ1v) is 15.8. The van der Waals surface area contributed by atoms with E-state index in [0.29, 0.717) is 18.1 Å². The first-order valence-electron chi connectivity index (χ1n) is 15.8. The Labute approximate surface area is 249 Å². The van der Waals surface area contributed by atoms with Gasteiger partial charge in [0.25, 0.3) is 0 Å². The molecular weight excluding hydrogens is 520 g/mol. The number of anilines is 2. The Kier molecular flexibility index (Phi) is 6.87. The minimum atomic E-state index is 0.100. The van der Waals surface area contributed by atoms with Crippen molar-refractivity contribution < 1.29 is 4.74 Å². The molecule has 2 bridgehead atoms. The molecule has 2 aromatic heterocycles. The fourth-order valence-corrected chi connectivity index (χ4v) is 7.48. The van der Waals surface area contributed by atoms with Crippen LogP contribution in [-0.4, -0.2) is 51.8 Å². The molecule has 7 heteroatoms. The molecule has 2 aliphatic heterocycles. The van der Waals surface area contributed by atoms with Crippen LogP contribution in [0.25, 0.3) is 11.2 Å². The number of rotatable bonds is 6. The molecule has 42 heavy (non-hydrogen) atoms. The highest BCUT2D eigenvalue weighted by atomic mass is 16.5. The summed E-state index contributed by atoms with van der Waals surface area (Å²) < 4.78 is 7.80. The third-order valence-corrected chi connectivity index (χ3v) is 9.92. The normalized spacial score (nSPS) is 21.1. The minimum absolute atomic E-state index is 0.100. The lowest BCUT2D eigenvalue weighted by Gasteiger charge is -2.42. The van der Waals surface area contributed by atoms with Crippen LogP contribution < -0.4 is 14.5 Å². The lowest BCUT2D eigenvalue weighted by atomic mass is 9.84. The highest BCUT2D eigenvalue weighted by Gasteiger charge is 2.41. The molecule has 2 atom stereocenters. The van der Waals surface area contributed by atoms with E-state index < -0.39 is 0 Å². The summed E-state index contributed by atoms with van der Waals surface area (Å²) in [7, 11) is 1.72. The summed E-state index contributed by atoms with van der Waals surface area (Å²) in [4.78, 5) is 20.5. The zero-order chi connectivity index (χ0) is 29.0. The number of aromatic nitrogens is 4. The van der Waals surface area contributed by atoms with E-state index >= 15 is 0 Å². The van der Waals surface area contributed by atoms with Crippen molar-refractivity contribution >= 4 is 22.8 Å². The Bertz CT molecular complexity index is 1570. The summed E-state index contributed by atoms with van der Waals surface area (Å²) in [5.74, 6) is 1.74. The summed E-state index contributed by atoms with van der Waals surface area (Å²) in [6, 6.07) is 16.9. The zero-order valence-electron chi connectivity index (χ0n) is 25.8. The highest BCUT2D eigenvalue weighted by molar-refractivity contribution is 5.76. The van der Waals surface area contributed by atoms with Gasteiger partial charge in [0.1, 0.15) is 11.3 Å². The van der Waals surface area contributed by atoms with Crippen molar-refractivity contribution in [3.05, 3.63) is 71.2 Å². The monoisotopic (exact) mass is 564 g/mol. The van der Waals surface area contributed by atoms with Crippen LogP contribution in [0, 0.1) is 6.92 Å². The second-order valence-electron chi connectivity index (χ2n) is 13.7. The molecule has 0 radical (unpaired) electrons. The van der Waals surface area contributed by atoms with Crippen molar-refractivity contribution in [2.45, 2.75) is 96.2 Å². The first-order chi connectivity index (χ1) is 20.3. The van der Waals surface area contributed by atoms with Crippen LogP contribution in [-0.2, 0) is 11.8 Å². The molecule has 1 saturated carbocycles. The molecule has 7 rings (SSSR count). The molecule has 0 unspecified atom stereocenters. The van der Waals surface area contributed by atoms with Crippen molar-refractivity contribution in [2.24, 2.45) is 0 Å². The van der Waals surface area contributed by atoms with Gasteiger partial charge in [-0.2, -0.15) is 4.98 Å². The van der Waals surface area contributed by atoms with Crippen LogP contribution in [0.3, 0.4) is 0 Å². The summed E-state index contributed by atoms with van der Waals surface area (Å²) in [5.41, 5.74) is 8.49. The van der Waals surface area contributed by atoms with Crippen LogP contribution in [0.5, 0.6) is 5.75 Å². The van der Waals surface area contributed by atoms with Crippen molar-refractivity contribution in [1.82, 2.24) is 19.5 Å². The van der Waals surface area contributed by atoms with E-state index in [1.54, 1.807) is 7.11 Å². The van der Waals surface area contributed by atoms with Gasteiger partial charge in [-0.15, -0.1) is 0 Å². The third-order valence-electron chi connectivity index (χ3n) is 9.92. The Balaban J connectivity index is 1.25. The largest absolute Gasteiger partial charge is 0.497 e. The molecule has 3 aliphatic rings. The van der Waals surface area contributed by atoms with Gasteiger partial charge in [-0.3, -0.25) is 0 Å². The Morgan fingerprint density at radius 2 is 1.60 bits per heavy atom. The molecule has 3 fully saturated rings. The van der Waals surface area contributed by atoms with Gasteiger partial charge in [-0.05, 0) is 79.0 Å². The molecule has 4 heterocycles. The van der Waals surface area contributed by atoms with Gasteiger partial charge in [-0.1, -0.05) is 51.8 Å². The van der Waals surface area contributed by atoms with Crippen LogP contribution in [0.2, 0.25) is 0 Å². The van der Waals surface area contributed by atoms with E-state index in [0.717, 1.165) is 48.1 Å². The first kappa shape index (κ1) is 27.2.